The maximum absolute atomic E-state index is 13.8. The Morgan fingerprint density at radius 2 is 1.50 bits per heavy atom. The van der Waals surface area contributed by atoms with Crippen LogP contribution in [0.5, 0.6) is 0 Å². The zero-order valence-electron chi connectivity index (χ0n) is 25.8. The van der Waals surface area contributed by atoms with Gasteiger partial charge >= 0.3 is 12.2 Å². The van der Waals surface area contributed by atoms with E-state index in [9.17, 15) is 18.8 Å². The smallest absolute Gasteiger partial charge is 0.414 e. The van der Waals surface area contributed by atoms with Crippen LogP contribution in [0.2, 0.25) is 5.02 Å². The van der Waals surface area contributed by atoms with Gasteiger partial charge in [-0.2, -0.15) is 0 Å². The van der Waals surface area contributed by atoms with Crippen molar-refractivity contribution >= 4 is 35.7 Å². The summed E-state index contributed by atoms with van der Waals surface area (Å²) in [5.41, 5.74) is 2.12. The normalized spacial score (nSPS) is 11.3. The first kappa shape index (κ1) is 34.0. The van der Waals surface area contributed by atoms with Crippen LogP contribution in [0.4, 0.5) is 14.0 Å². The second kappa shape index (κ2) is 14.3. The Hall–Kier alpha value is -4.51. The molecule has 0 fully saturated rings. The molecule has 1 heterocycles. The van der Waals surface area contributed by atoms with Crippen molar-refractivity contribution in [2.75, 3.05) is 0 Å². The van der Waals surface area contributed by atoms with Crippen molar-refractivity contribution in [3.8, 4) is 11.1 Å². The first-order valence-electron chi connectivity index (χ1n) is 13.8. The highest BCUT2D eigenvalue weighted by atomic mass is 35.5. The average Bonchev–Trinajstić information content (AvgIpc) is 2.87. The summed E-state index contributed by atoms with van der Waals surface area (Å²) in [4.78, 5) is 46.9. The van der Waals surface area contributed by atoms with Crippen molar-refractivity contribution in [3.05, 3.63) is 88.0 Å². The van der Waals surface area contributed by atoms with Crippen LogP contribution in [-0.2, 0) is 22.6 Å². The number of carbonyl (C=O) groups is 3. The number of aliphatic imine (C=N–C) groups is 1. The minimum absolute atomic E-state index is 0.0430. The summed E-state index contributed by atoms with van der Waals surface area (Å²) in [7, 11) is 0. The van der Waals surface area contributed by atoms with Crippen LogP contribution in [0, 0.1) is 12.7 Å². The van der Waals surface area contributed by atoms with Gasteiger partial charge in [-0.3, -0.25) is 20.4 Å². The summed E-state index contributed by atoms with van der Waals surface area (Å²) in [5.74, 6) is -1.12. The molecule has 3 N–H and O–H groups in total. The molecule has 0 saturated heterocycles. The van der Waals surface area contributed by atoms with Gasteiger partial charge in [0.05, 0.1) is 6.54 Å². The minimum atomic E-state index is -0.828. The third-order valence-electron chi connectivity index (χ3n) is 5.52. The van der Waals surface area contributed by atoms with Crippen molar-refractivity contribution < 1.29 is 28.2 Å². The molecule has 0 aliphatic rings. The molecule has 2 aromatic carbocycles. The number of benzene rings is 2. The lowest BCUT2D eigenvalue weighted by molar-refractivity contribution is 0.0544. The number of amides is 3. The summed E-state index contributed by atoms with van der Waals surface area (Å²) >= 11 is 5.95. The van der Waals surface area contributed by atoms with Crippen LogP contribution in [0.3, 0.4) is 0 Å². The van der Waals surface area contributed by atoms with E-state index in [1.165, 1.54) is 12.1 Å². The Labute approximate surface area is 261 Å². The average molecular weight is 626 g/mol. The number of hydrogen-bond donors (Lipinski definition) is 3. The molecule has 3 amide bonds. The van der Waals surface area contributed by atoms with E-state index < -0.39 is 35.1 Å². The molecule has 44 heavy (non-hydrogen) atoms. The Morgan fingerprint density at radius 1 is 0.864 bits per heavy atom. The number of nitrogens with zero attached hydrogens (tertiary/aromatic N) is 2. The number of hydrogen-bond acceptors (Lipinski definition) is 7. The maximum atomic E-state index is 13.8. The molecule has 3 rings (SSSR count). The zero-order chi connectivity index (χ0) is 32.7. The number of rotatable bonds is 6. The number of nitrogens with one attached hydrogen (secondary N) is 3. The lowest BCUT2D eigenvalue weighted by Gasteiger charge is -2.22. The van der Waals surface area contributed by atoms with E-state index in [0.29, 0.717) is 22.3 Å². The van der Waals surface area contributed by atoms with Gasteiger partial charge in [0.1, 0.15) is 17.0 Å². The molecular formula is C32H37ClFN5O5. The van der Waals surface area contributed by atoms with Gasteiger partial charge in [0.2, 0.25) is 5.96 Å². The van der Waals surface area contributed by atoms with Crippen molar-refractivity contribution in [2.45, 2.75) is 72.8 Å². The van der Waals surface area contributed by atoms with Crippen molar-refractivity contribution in [1.29, 1.82) is 0 Å². The second-order valence-corrected chi connectivity index (χ2v) is 12.4. The molecule has 0 aliphatic carbocycles. The number of ether oxygens (including phenoxy) is 2. The lowest BCUT2D eigenvalue weighted by atomic mass is 9.99. The Kier molecular flexibility index (Phi) is 11.1. The third kappa shape index (κ3) is 11.6. The van der Waals surface area contributed by atoms with Gasteiger partial charge in [-0.1, -0.05) is 11.6 Å². The fourth-order valence-electron chi connectivity index (χ4n) is 3.88. The molecular weight excluding hydrogens is 589 g/mol. The van der Waals surface area contributed by atoms with Gasteiger partial charge in [-0.05, 0) is 119 Å². The number of aromatic nitrogens is 1. The largest absolute Gasteiger partial charge is 0.444 e. The summed E-state index contributed by atoms with van der Waals surface area (Å²) < 4.78 is 24.4. The molecule has 0 bridgehead atoms. The standard InChI is InChI=1S/C32H37ClFN5O5/c1-19-10-22(8-9-35-19)23-11-20(12-24(15-23)27(40)36-17-21-13-25(33)16-26(34)14-21)18-37-28(38-29(41)43-31(2,3)4)39-30(42)44-32(5,6)7/h8-16H,17-18H2,1-7H3,(H,36,40)(H2,37,38,39,41,42). The first-order valence-corrected chi connectivity index (χ1v) is 14.2. The number of pyridine rings is 1. The molecule has 12 heteroatoms. The van der Waals surface area contributed by atoms with E-state index in [2.05, 4.69) is 25.9 Å². The van der Waals surface area contributed by atoms with Crippen LogP contribution >= 0.6 is 11.6 Å². The SMILES string of the molecule is Cc1cc(-c2cc(CN=C(NC(=O)OC(C)(C)C)NC(=O)OC(C)(C)C)cc(C(=O)NCc3cc(F)cc(Cl)c3)c2)ccn1. The number of aryl methyl sites for hydroxylation is 1. The van der Waals surface area contributed by atoms with Crippen LogP contribution in [0.25, 0.3) is 11.1 Å². The lowest BCUT2D eigenvalue weighted by Crippen LogP contribution is -2.47. The maximum Gasteiger partial charge on any atom is 0.414 e. The highest BCUT2D eigenvalue weighted by Gasteiger charge is 2.21. The van der Waals surface area contributed by atoms with Crippen LogP contribution in [0.15, 0.2) is 59.7 Å². The molecule has 0 spiro atoms. The molecule has 0 atom stereocenters. The molecule has 10 nitrogen and oxygen atoms in total. The number of halogens is 2. The number of alkyl carbamates (subject to hydrolysis) is 2. The van der Waals surface area contributed by atoms with Gasteiger partial charge in [0.15, 0.2) is 0 Å². The first-order chi connectivity index (χ1) is 20.5. The fourth-order valence-corrected chi connectivity index (χ4v) is 4.13. The monoisotopic (exact) mass is 625 g/mol. The van der Waals surface area contributed by atoms with Gasteiger partial charge in [-0.25, -0.2) is 19.0 Å². The van der Waals surface area contributed by atoms with Crippen LogP contribution < -0.4 is 16.0 Å². The number of carbonyl (C=O) groups excluding carboxylic acids is 3. The predicted molar refractivity (Wildman–Crippen MR) is 167 cm³/mol. The highest BCUT2D eigenvalue weighted by molar-refractivity contribution is 6.30. The molecule has 0 aliphatic heterocycles. The molecule has 0 radical (unpaired) electrons. The Balaban J connectivity index is 1.94. The highest BCUT2D eigenvalue weighted by Crippen LogP contribution is 2.24. The molecule has 1 aromatic heterocycles. The van der Waals surface area contributed by atoms with Gasteiger partial charge in [0.25, 0.3) is 5.91 Å². The van der Waals surface area contributed by atoms with E-state index >= 15 is 0 Å². The zero-order valence-corrected chi connectivity index (χ0v) is 26.6. The van der Waals surface area contributed by atoms with Crippen LogP contribution in [0.1, 0.15) is 68.7 Å². The van der Waals surface area contributed by atoms with E-state index in [1.54, 1.807) is 65.9 Å². The van der Waals surface area contributed by atoms with Gasteiger partial charge in [-0.15, -0.1) is 0 Å². The molecule has 234 valence electrons. The molecule has 0 saturated carbocycles. The predicted octanol–water partition coefficient (Wildman–Crippen LogP) is 6.68. The molecule has 0 unspecified atom stereocenters. The second-order valence-electron chi connectivity index (χ2n) is 12.0. The molecule has 3 aromatic rings. The van der Waals surface area contributed by atoms with Gasteiger partial charge in [0, 0.05) is 29.0 Å². The summed E-state index contributed by atoms with van der Waals surface area (Å²) in [6.45, 7) is 12.1. The van der Waals surface area contributed by atoms with Gasteiger partial charge < -0.3 is 14.8 Å². The number of guanidine groups is 1. The topological polar surface area (TPSA) is 131 Å². The van der Waals surface area contributed by atoms with Crippen LogP contribution in [-0.4, -0.2) is 40.2 Å². The third-order valence-corrected chi connectivity index (χ3v) is 5.74. The summed E-state index contributed by atoms with van der Waals surface area (Å²) in [6.07, 6.45) is 0.00738. The fraction of sp³-hybridized carbons (Fsp3) is 0.344. The van der Waals surface area contributed by atoms with E-state index in [1.807, 2.05) is 25.1 Å². The minimum Gasteiger partial charge on any atom is -0.444 e. The van der Waals surface area contributed by atoms with E-state index in [-0.39, 0.29) is 24.1 Å². The van der Waals surface area contributed by atoms with Crippen molar-refractivity contribution in [1.82, 2.24) is 20.9 Å². The quantitative estimate of drug-likeness (QED) is 0.207. The summed E-state index contributed by atoms with van der Waals surface area (Å²) in [6, 6.07) is 12.9. The van der Waals surface area contributed by atoms with E-state index in [4.69, 9.17) is 21.1 Å². The Morgan fingerprint density at radius 3 is 2.07 bits per heavy atom. The summed E-state index contributed by atoms with van der Waals surface area (Å²) in [5, 5.41) is 7.90. The van der Waals surface area contributed by atoms with Crippen molar-refractivity contribution in [2.24, 2.45) is 4.99 Å². The van der Waals surface area contributed by atoms with E-state index in [0.717, 1.165) is 11.3 Å². The Bertz CT molecular complexity index is 1510. The van der Waals surface area contributed by atoms with Crippen molar-refractivity contribution in [3.63, 3.8) is 0 Å².